The molecule has 0 heterocycles. The highest BCUT2D eigenvalue weighted by Gasteiger charge is 2.31. The van der Waals surface area contributed by atoms with Crippen LogP contribution < -0.4 is 5.73 Å². The molecule has 1 aromatic rings. The average Bonchev–Trinajstić information content (AvgIpc) is 2.37. The molecule has 0 spiro atoms. The van der Waals surface area contributed by atoms with E-state index in [2.05, 4.69) is 6.92 Å². The van der Waals surface area contributed by atoms with E-state index in [-0.39, 0.29) is 12.0 Å². The van der Waals surface area contributed by atoms with Crippen LogP contribution in [0.1, 0.15) is 49.7 Å². The molecule has 1 nitrogen and oxygen atoms in total. The highest BCUT2D eigenvalue weighted by molar-refractivity contribution is 5.29. The summed E-state index contributed by atoms with van der Waals surface area (Å²) in [5.41, 5.74) is 6.91. The Bertz CT molecular complexity index is 431. The summed E-state index contributed by atoms with van der Waals surface area (Å²) < 4.78 is 27.7. The van der Waals surface area contributed by atoms with Gasteiger partial charge in [0.2, 0.25) is 0 Å². The van der Waals surface area contributed by atoms with Crippen LogP contribution in [0.25, 0.3) is 0 Å². The molecule has 1 aliphatic carbocycles. The summed E-state index contributed by atoms with van der Waals surface area (Å²) in [5, 5.41) is 0. The molecule has 0 radical (unpaired) electrons. The Labute approximate surface area is 107 Å². The predicted octanol–water partition coefficient (Wildman–Crippen LogP) is 3.89. The van der Waals surface area contributed by atoms with Crippen molar-refractivity contribution < 1.29 is 8.78 Å². The molecule has 1 aliphatic rings. The molecule has 2 N–H and O–H groups in total. The van der Waals surface area contributed by atoms with Gasteiger partial charge in [-0.2, -0.15) is 0 Å². The van der Waals surface area contributed by atoms with Crippen LogP contribution >= 0.6 is 0 Å². The van der Waals surface area contributed by atoms with Gasteiger partial charge in [-0.3, -0.25) is 0 Å². The first kappa shape index (κ1) is 13.5. The van der Waals surface area contributed by atoms with Gasteiger partial charge < -0.3 is 5.73 Å². The monoisotopic (exact) mass is 253 g/mol. The van der Waals surface area contributed by atoms with Gasteiger partial charge in [-0.1, -0.05) is 25.5 Å². The van der Waals surface area contributed by atoms with E-state index in [1.165, 1.54) is 0 Å². The molecule has 3 unspecified atom stereocenters. The summed E-state index contributed by atoms with van der Waals surface area (Å²) in [6.07, 6.45) is 3.96. The average molecular weight is 253 g/mol. The first-order valence-electron chi connectivity index (χ1n) is 6.74. The summed E-state index contributed by atoms with van der Waals surface area (Å²) in [6.45, 7) is 3.72. The van der Waals surface area contributed by atoms with Gasteiger partial charge in [-0.15, -0.1) is 0 Å². The van der Waals surface area contributed by atoms with Crippen molar-refractivity contribution in [3.63, 3.8) is 0 Å². The van der Waals surface area contributed by atoms with E-state index < -0.39 is 11.6 Å². The minimum atomic E-state index is -0.724. The van der Waals surface area contributed by atoms with Gasteiger partial charge in [-0.05, 0) is 43.2 Å². The third-order valence-electron chi connectivity index (χ3n) is 4.29. The van der Waals surface area contributed by atoms with Gasteiger partial charge in [0.25, 0.3) is 0 Å². The molecule has 0 saturated heterocycles. The van der Waals surface area contributed by atoms with E-state index >= 15 is 0 Å². The topological polar surface area (TPSA) is 26.0 Å². The van der Waals surface area contributed by atoms with Crippen molar-refractivity contribution in [1.82, 2.24) is 0 Å². The van der Waals surface area contributed by atoms with E-state index in [1.807, 2.05) is 0 Å². The summed E-state index contributed by atoms with van der Waals surface area (Å²) in [5.74, 6) is -0.886. The normalized spacial score (nSPS) is 28.4. The zero-order valence-corrected chi connectivity index (χ0v) is 11.0. The Kier molecular flexibility index (Phi) is 4.00. The maximum absolute atomic E-state index is 14.0. The molecule has 2 rings (SSSR count). The first-order valence-corrected chi connectivity index (χ1v) is 6.74. The van der Waals surface area contributed by atoms with Crippen molar-refractivity contribution in [3.05, 3.63) is 34.9 Å². The van der Waals surface area contributed by atoms with Crippen LogP contribution in [0.15, 0.2) is 12.1 Å². The van der Waals surface area contributed by atoms with Crippen molar-refractivity contribution in [3.8, 4) is 0 Å². The first-order chi connectivity index (χ1) is 8.54. The molecule has 18 heavy (non-hydrogen) atoms. The molecule has 1 fully saturated rings. The van der Waals surface area contributed by atoms with Gasteiger partial charge >= 0.3 is 0 Å². The van der Waals surface area contributed by atoms with Gasteiger partial charge in [-0.25, -0.2) is 8.78 Å². The maximum Gasteiger partial charge on any atom is 0.162 e. The molecule has 0 aliphatic heterocycles. The molecule has 1 saturated carbocycles. The fourth-order valence-electron chi connectivity index (χ4n) is 2.96. The lowest BCUT2D eigenvalue weighted by Gasteiger charge is -2.34. The highest BCUT2D eigenvalue weighted by atomic mass is 19.2. The lowest BCUT2D eigenvalue weighted by molar-refractivity contribution is 0.276. The Balaban J connectivity index is 2.32. The SMILES string of the molecule is CCC1CCC(N)C(c2ccc(C)c(F)c2F)C1. The van der Waals surface area contributed by atoms with E-state index in [0.717, 1.165) is 25.7 Å². The Morgan fingerprint density at radius 1 is 1.22 bits per heavy atom. The van der Waals surface area contributed by atoms with Crippen LogP contribution in [0.3, 0.4) is 0 Å². The molecular weight excluding hydrogens is 232 g/mol. The summed E-state index contributed by atoms with van der Waals surface area (Å²) in [6, 6.07) is 3.30. The quantitative estimate of drug-likeness (QED) is 0.850. The number of hydrogen-bond donors (Lipinski definition) is 1. The molecule has 0 amide bonds. The van der Waals surface area contributed by atoms with Gasteiger partial charge in [0.15, 0.2) is 11.6 Å². The fourth-order valence-corrected chi connectivity index (χ4v) is 2.96. The number of halogens is 2. The second kappa shape index (κ2) is 5.35. The lowest BCUT2D eigenvalue weighted by atomic mass is 9.74. The van der Waals surface area contributed by atoms with Crippen molar-refractivity contribution in [2.75, 3.05) is 0 Å². The summed E-state index contributed by atoms with van der Waals surface area (Å²) in [4.78, 5) is 0. The van der Waals surface area contributed by atoms with Crippen molar-refractivity contribution in [2.45, 2.75) is 51.5 Å². The standard InChI is InChI=1S/C15H21F2N/c1-3-10-5-7-13(18)12(8-10)11-6-4-9(2)14(16)15(11)17/h4,6,10,12-13H,3,5,7-8,18H2,1-2H3. The minimum absolute atomic E-state index is 0.0428. The van der Waals surface area contributed by atoms with Crippen molar-refractivity contribution >= 4 is 0 Å². The Morgan fingerprint density at radius 2 is 1.94 bits per heavy atom. The van der Waals surface area contributed by atoms with Gasteiger partial charge in [0.1, 0.15) is 0 Å². The molecule has 3 atom stereocenters. The number of hydrogen-bond acceptors (Lipinski definition) is 1. The maximum atomic E-state index is 14.0. The molecular formula is C15H21F2N. The Morgan fingerprint density at radius 3 is 2.61 bits per heavy atom. The van der Waals surface area contributed by atoms with Crippen LogP contribution in [-0.4, -0.2) is 6.04 Å². The largest absolute Gasteiger partial charge is 0.327 e. The van der Waals surface area contributed by atoms with Crippen LogP contribution in [0.5, 0.6) is 0 Å². The lowest BCUT2D eigenvalue weighted by Crippen LogP contribution is -2.35. The third-order valence-corrected chi connectivity index (χ3v) is 4.29. The zero-order valence-electron chi connectivity index (χ0n) is 11.0. The third kappa shape index (κ3) is 2.41. The van der Waals surface area contributed by atoms with E-state index in [9.17, 15) is 8.78 Å². The van der Waals surface area contributed by atoms with E-state index in [1.54, 1.807) is 19.1 Å². The van der Waals surface area contributed by atoms with Crippen LogP contribution in [-0.2, 0) is 0 Å². The minimum Gasteiger partial charge on any atom is -0.327 e. The highest BCUT2D eigenvalue weighted by Crippen LogP contribution is 2.38. The Hall–Kier alpha value is -0.960. The number of nitrogens with two attached hydrogens (primary N) is 1. The van der Waals surface area contributed by atoms with Crippen molar-refractivity contribution in [2.24, 2.45) is 11.7 Å². The van der Waals surface area contributed by atoms with E-state index in [4.69, 9.17) is 5.73 Å². The van der Waals surface area contributed by atoms with Gasteiger partial charge in [0.05, 0.1) is 0 Å². The van der Waals surface area contributed by atoms with Crippen LogP contribution in [0.4, 0.5) is 8.78 Å². The summed E-state index contributed by atoms with van der Waals surface area (Å²) >= 11 is 0. The second-order valence-electron chi connectivity index (χ2n) is 5.46. The van der Waals surface area contributed by atoms with Crippen molar-refractivity contribution in [1.29, 1.82) is 0 Å². The second-order valence-corrected chi connectivity index (χ2v) is 5.46. The predicted molar refractivity (Wildman–Crippen MR) is 69.4 cm³/mol. The summed E-state index contributed by atoms with van der Waals surface area (Å²) in [7, 11) is 0. The number of rotatable bonds is 2. The molecule has 1 aromatic carbocycles. The molecule has 3 heteroatoms. The number of aryl methyl sites for hydroxylation is 1. The molecule has 100 valence electrons. The smallest absolute Gasteiger partial charge is 0.162 e. The molecule has 0 aromatic heterocycles. The van der Waals surface area contributed by atoms with Crippen LogP contribution in [0, 0.1) is 24.5 Å². The van der Waals surface area contributed by atoms with Gasteiger partial charge in [0, 0.05) is 12.0 Å². The zero-order chi connectivity index (χ0) is 13.3. The fraction of sp³-hybridized carbons (Fsp3) is 0.600. The van der Waals surface area contributed by atoms with Crippen LogP contribution in [0.2, 0.25) is 0 Å². The van der Waals surface area contributed by atoms with E-state index in [0.29, 0.717) is 17.0 Å². The number of benzene rings is 1. The molecule has 0 bridgehead atoms.